The number of nitrogens with one attached hydrogen (secondary N) is 1. The van der Waals surface area contributed by atoms with Gasteiger partial charge in [0.15, 0.2) is 0 Å². The Hall–Kier alpha value is -2.01. The molecule has 3 N–H and O–H groups in total. The molecule has 0 bridgehead atoms. The van der Waals surface area contributed by atoms with Gasteiger partial charge in [0.25, 0.3) is 0 Å². The number of nitrogens with zero attached hydrogens (tertiary/aromatic N) is 2. The van der Waals surface area contributed by atoms with Gasteiger partial charge in [0.1, 0.15) is 0 Å². The zero-order chi connectivity index (χ0) is 10.8. The van der Waals surface area contributed by atoms with Crippen molar-refractivity contribution in [1.82, 2.24) is 15.4 Å². The van der Waals surface area contributed by atoms with Crippen molar-refractivity contribution in [3.63, 3.8) is 0 Å². The fourth-order valence-corrected chi connectivity index (χ4v) is 1.33. The fourth-order valence-electron chi connectivity index (χ4n) is 1.33. The number of carbonyl (C=O) groups is 1. The summed E-state index contributed by atoms with van der Waals surface area (Å²) in [6.45, 7) is 1.99. The number of aromatic nitrogens is 2. The lowest BCUT2D eigenvalue weighted by atomic mass is 10.2. The number of aryl methyl sites for hydroxylation is 1. The van der Waals surface area contributed by atoms with E-state index in [9.17, 15) is 4.79 Å². The highest BCUT2D eigenvalue weighted by Gasteiger charge is 2.07. The number of amides is 1. The number of fused-ring (bicyclic) bond motifs is 1. The monoisotopic (exact) mass is 202 g/mol. The Labute approximate surface area is 86.3 Å². The predicted molar refractivity (Wildman–Crippen MR) is 55.9 cm³/mol. The maximum absolute atomic E-state index is 11.2. The Bertz CT molecular complexity index is 524. The maximum Gasteiger partial charge on any atom is 0.302 e. The van der Waals surface area contributed by atoms with Crippen LogP contribution < -0.4 is 11.3 Å². The third kappa shape index (κ3) is 1.77. The molecule has 5 heteroatoms. The van der Waals surface area contributed by atoms with Crippen LogP contribution in [0.25, 0.3) is 10.9 Å². The smallest absolute Gasteiger partial charge is 0.287 e. The lowest BCUT2D eigenvalue weighted by Gasteiger charge is -2.01. The van der Waals surface area contributed by atoms with E-state index in [0.717, 1.165) is 16.5 Å². The van der Waals surface area contributed by atoms with E-state index >= 15 is 0 Å². The second-order valence-corrected chi connectivity index (χ2v) is 3.23. The highest BCUT2D eigenvalue weighted by molar-refractivity contribution is 5.92. The summed E-state index contributed by atoms with van der Waals surface area (Å²) in [7, 11) is 0. The molecule has 2 rings (SSSR count). The second kappa shape index (κ2) is 3.62. The van der Waals surface area contributed by atoms with Crippen LogP contribution in [-0.2, 0) is 0 Å². The van der Waals surface area contributed by atoms with Crippen molar-refractivity contribution in [3.05, 3.63) is 35.8 Å². The molecule has 1 amide bonds. The average Bonchev–Trinajstić information content (AvgIpc) is 2.27. The van der Waals surface area contributed by atoms with Crippen molar-refractivity contribution >= 4 is 16.8 Å². The van der Waals surface area contributed by atoms with Crippen LogP contribution in [0, 0.1) is 6.92 Å². The standard InChI is InChI=1S/C10H10N4O/c1-6-2-3-8-7(4-6)5-12-9(13-8)10(15)14-11/h2-5H,11H2,1H3,(H,14,15). The van der Waals surface area contributed by atoms with Gasteiger partial charge in [0.05, 0.1) is 5.52 Å². The molecule has 5 nitrogen and oxygen atoms in total. The topological polar surface area (TPSA) is 80.9 Å². The second-order valence-electron chi connectivity index (χ2n) is 3.23. The summed E-state index contributed by atoms with van der Waals surface area (Å²) in [5.41, 5.74) is 3.85. The largest absolute Gasteiger partial charge is 0.302 e. The molecular formula is C10H10N4O. The molecule has 0 aliphatic carbocycles. The van der Waals surface area contributed by atoms with Crippen molar-refractivity contribution in [2.75, 3.05) is 0 Å². The molecular weight excluding hydrogens is 192 g/mol. The predicted octanol–water partition coefficient (Wildman–Crippen LogP) is 0.542. The van der Waals surface area contributed by atoms with Crippen LogP contribution in [0.1, 0.15) is 16.2 Å². The van der Waals surface area contributed by atoms with Gasteiger partial charge in [0, 0.05) is 11.6 Å². The first-order valence-electron chi connectivity index (χ1n) is 4.45. The van der Waals surface area contributed by atoms with Crippen LogP contribution >= 0.6 is 0 Å². The van der Waals surface area contributed by atoms with E-state index in [1.807, 2.05) is 30.5 Å². The molecule has 0 atom stereocenters. The van der Waals surface area contributed by atoms with E-state index in [2.05, 4.69) is 9.97 Å². The van der Waals surface area contributed by atoms with Gasteiger partial charge in [-0.05, 0) is 19.1 Å². The summed E-state index contributed by atoms with van der Waals surface area (Å²) >= 11 is 0. The van der Waals surface area contributed by atoms with Gasteiger partial charge in [-0.3, -0.25) is 10.2 Å². The van der Waals surface area contributed by atoms with Gasteiger partial charge in [-0.25, -0.2) is 15.8 Å². The van der Waals surface area contributed by atoms with E-state index in [4.69, 9.17) is 5.84 Å². The summed E-state index contributed by atoms with van der Waals surface area (Å²) in [6.07, 6.45) is 1.61. The molecule has 0 saturated heterocycles. The number of rotatable bonds is 1. The number of nitrogen functional groups attached to an aromatic ring is 1. The Morgan fingerprint density at radius 2 is 2.27 bits per heavy atom. The summed E-state index contributed by atoms with van der Waals surface area (Å²) in [4.78, 5) is 19.2. The van der Waals surface area contributed by atoms with Gasteiger partial charge in [-0.15, -0.1) is 0 Å². The molecule has 76 valence electrons. The zero-order valence-electron chi connectivity index (χ0n) is 8.19. The molecule has 15 heavy (non-hydrogen) atoms. The molecule has 0 fully saturated rings. The normalized spacial score (nSPS) is 10.3. The molecule has 0 aliphatic heterocycles. The van der Waals surface area contributed by atoms with Crippen molar-refractivity contribution in [2.24, 2.45) is 5.84 Å². The summed E-state index contributed by atoms with van der Waals surface area (Å²) in [5.74, 6) is 4.58. The van der Waals surface area contributed by atoms with Crippen LogP contribution in [0.4, 0.5) is 0 Å². The summed E-state index contributed by atoms with van der Waals surface area (Å²) in [5, 5.41) is 0.906. The average molecular weight is 202 g/mol. The number of hydrogen-bond acceptors (Lipinski definition) is 4. The first kappa shape index (κ1) is 9.54. The Morgan fingerprint density at radius 3 is 3.00 bits per heavy atom. The quantitative estimate of drug-likeness (QED) is 0.402. The number of hydrazine groups is 1. The molecule has 0 unspecified atom stereocenters. The lowest BCUT2D eigenvalue weighted by molar-refractivity contribution is 0.0943. The third-order valence-electron chi connectivity index (χ3n) is 2.07. The third-order valence-corrected chi connectivity index (χ3v) is 2.07. The Kier molecular flexibility index (Phi) is 2.31. The lowest BCUT2D eigenvalue weighted by Crippen LogP contribution is -2.31. The maximum atomic E-state index is 11.2. The van der Waals surface area contributed by atoms with E-state index in [-0.39, 0.29) is 5.82 Å². The minimum Gasteiger partial charge on any atom is -0.287 e. The van der Waals surface area contributed by atoms with E-state index in [1.54, 1.807) is 6.20 Å². The first-order valence-corrected chi connectivity index (χ1v) is 4.45. The molecule has 0 spiro atoms. The number of hydrogen-bond donors (Lipinski definition) is 2. The van der Waals surface area contributed by atoms with E-state index in [1.165, 1.54) is 0 Å². The van der Waals surface area contributed by atoms with E-state index < -0.39 is 5.91 Å². The molecule has 0 aliphatic rings. The van der Waals surface area contributed by atoms with Gasteiger partial charge < -0.3 is 0 Å². The number of carbonyl (C=O) groups excluding carboxylic acids is 1. The minimum atomic E-state index is -0.488. The van der Waals surface area contributed by atoms with Crippen molar-refractivity contribution in [2.45, 2.75) is 6.92 Å². The first-order chi connectivity index (χ1) is 7.20. The van der Waals surface area contributed by atoms with Crippen LogP contribution in [0.2, 0.25) is 0 Å². The Balaban J connectivity index is 2.57. The minimum absolute atomic E-state index is 0.0776. The SMILES string of the molecule is Cc1ccc2nc(C(=O)NN)ncc2c1. The summed E-state index contributed by atoms with van der Waals surface area (Å²) in [6, 6.07) is 5.73. The van der Waals surface area contributed by atoms with Crippen LogP contribution in [-0.4, -0.2) is 15.9 Å². The van der Waals surface area contributed by atoms with Crippen molar-refractivity contribution < 1.29 is 4.79 Å². The van der Waals surface area contributed by atoms with Gasteiger partial charge in [-0.1, -0.05) is 11.6 Å². The van der Waals surface area contributed by atoms with Crippen LogP contribution in [0.3, 0.4) is 0 Å². The fraction of sp³-hybridized carbons (Fsp3) is 0.100. The van der Waals surface area contributed by atoms with Gasteiger partial charge in [-0.2, -0.15) is 0 Å². The highest BCUT2D eigenvalue weighted by atomic mass is 16.2. The van der Waals surface area contributed by atoms with Crippen molar-refractivity contribution in [3.8, 4) is 0 Å². The molecule has 0 saturated carbocycles. The molecule has 2 aromatic rings. The molecule has 1 heterocycles. The molecule has 0 radical (unpaired) electrons. The van der Waals surface area contributed by atoms with Crippen LogP contribution in [0.15, 0.2) is 24.4 Å². The van der Waals surface area contributed by atoms with Crippen molar-refractivity contribution in [1.29, 1.82) is 0 Å². The van der Waals surface area contributed by atoms with Gasteiger partial charge >= 0.3 is 5.91 Å². The highest BCUT2D eigenvalue weighted by Crippen LogP contribution is 2.12. The number of nitrogens with two attached hydrogens (primary N) is 1. The van der Waals surface area contributed by atoms with Gasteiger partial charge in [0.2, 0.25) is 5.82 Å². The molecule has 1 aromatic heterocycles. The Morgan fingerprint density at radius 1 is 1.47 bits per heavy atom. The number of benzene rings is 1. The summed E-state index contributed by atoms with van der Waals surface area (Å²) < 4.78 is 0. The van der Waals surface area contributed by atoms with E-state index in [0.29, 0.717) is 0 Å². The molecule has 1 aromatic carbocycles. The van der Waals surface area contributed by atoms with Crippen LogP contribution in [0.5, 0.6) is 0 Å². The zero-order valence-corrected chi connectivity index (χ0v) is 8.19.